The molecule has 2 unspecified atom stereocenters. The summed E-state index contributed by atoms with van der Waals surface area (Å²) in [5.41, 5.74) is 2.20. The van der Waals surface area contributed by atoms with Crippen LogP contribution < -0.4 is 11.3 Å². The molecule has 1 aliphatic rings. The number of carbonyl (C=O) groups excluding carboxylic acids is 1. The van der Waals surface area contributed by atoms with Crippen LogP contribution in [-0.4, -0.2) is 18.6 Å². The van der Waals surface area contributed by atoms with E-state index in [0.717, 1.165) is 19.4 Å². The zero-order chi connectivity index (χ0) is 9.84. The van der Waals surface area contributed by atoms with Gasteiger partial charge in [-0.1, -0.05) is 13.8 Å². The third-order valence-electron chi connectivity index (χ3n) is 2.50. The Morgan fingerprint density at radius 1 is 1.62 bits per heavy atom. The highest BCUT2D eigenvalue weighted by atomic mass is 16.5. The van der Waals surface area contributed by atoms with E-state index < -0.39 is 0 Å². The Morgan fingerprint density at radius 3 is 2.85 bits per heavy atom. The molecule has 1 rings (SSSR count). The molecule has 1 fully saturated rings. The first-order valence-corrected chi connectivity index (χ1v) is 4.79. The second kappa shape index (κ2) is 4.58. The highest BCUT2D eigenvalue weighted by Crippen LogP contribution is 2.26. The summed E-state index contributed by atoms with van der Waals surface area (Å²) >= 11 is 0. The van der Waals surface area contributed by atoms with Crippen LogP contribution in [0.1, 0.15) is 26.7 Å². The molecule has 0 aromatic rings. The van der Waals surface area contributed by atoms with Gasteiger partial charge in [0.05, 0.1) is 12.0 Å². The SMILES string of the molecule is CC(C)C1OCCCC1C(=O)NN. The fourth-order valence-corrected chi connectivity index (χ4v) is 1.85. The third kappa shape index (κ3) is 2.42. The average Bonchev–Trinajstić information content (AvgIpc) is 2.16. The topological polar surface area (TPSA) is 64.3 Å². The first-order valence-electron chi connectivity index (χ1n) is 4.79. The number of nitrogens with one attached hydrogen (secondary N) is 1. The van der Waals surface area contributed by atoms with Gasteiger partial charge in [0.15, 0.2) is 0 Å². The number of hydrogen-bond acceptors (Lipinski definition) is 3. The van der Waals surface area contributed by atoms with Crippen LogP contribution in [0.3, 0.4) is 0 Å². The van der Waals surface area contributed by atoms with Crippen LogP contribution in [0.25, 0.3) is 0 Å². The fourth-order valence-electron chi connectivity index (χ4n) is 1.85. The Labute approximate surface area is 78.8 Å². The van der Waals surface area contributed by atoms with Crippen LogP contribution >= 0.6 is 0 Å². The van der Waals surface area contributed by atoms with Crippen molar-refractivity contribution in [1.29, 1.82) is 0 Å². The maximum atomic E-state index is 11.4. The second-order valence-electron chi connectivity index (χ2n) is 3.84. The third-order valence-corrected chi connectivity index (χ3v) is 2.50. The minimum absolute atomic E-state index is 0.0253. The molecule has 3 N–H and O–H groups in total. The zero-order valence-corrected chi connectivity index (χ0v) is 8.25. The normalized spacial score (nSPS) is 28.9. The van der Waals surface area contributed by atoms with Crippen molar-refractivity contribution >= 4 is 5.91 Å². The molecular weight excluding hydrogens is 168 g/mol. The summed E-state index contributed by atoms with van der Waals surface area (Å²) in [7, 11) is 0. The molecule has 1 heterocycles. The molecule has 0 aliphatic carbocycles. The minimum atomic E-state index is -0.0987. The van der Waals surface area contributed by atoms with Crippen molar-refractivity contribution in [2.24, 2.45) is 17.7 Å². The monoisotopic (exact) mass is 186 g/mol. The van der Waals surface area contributed by atoms with Gasteiger partial charge in [-0.15, -0.1) is 0 Å². The quantitative estimate of drug-likeness (QED) is 0.373. The van der Waals surface area contributed by atoms with Gasteiger partial charge in [0.1, 0.15) is 0 Å². The number of carbonyl (C=O) groups is 1. The van der Waals surface area contributed by atoms with Crippen LogP contribution in [0.5, 0.6) is 0 Å². The molecule has 0 bridgehead atoms. The van der Waals surface area contributed by atoms with Crippen LogP contribution in [0.2, 0.25) is 0 Å². The van der Waals surface area contributed by atoms with E-state index in [1.807, 2.05) is 0 Å². The molecule has 4 heteroatoms. The number of nitrogens with two attached hydrogens (primary N) is 1. The largest absolute Gasteiger partial charge is 0.377 e. The summed E-state index contributed by atoms with van der Waals surface area (Å²) in [6.45, 7) is 4.89. The lowest BCUT2D eigenvalue weighted by Crippen LogP contribution is -2.46. The molecule has 0 spiro atoms. The van der Waals surface area contributed by atoms with Crippen LogP contribution in [0.15, 0.2) is 0 Å². The van der Waals surface area contributed by atoms with Crippen molar-refractivity contribution in [3.63, 3.8) is 0 Å². The zero-order valence-electron chi connectivity index (χ0n) is 8.25. The predicted octanol–water partition coefficient (Wildman–Crippen LogP) is 0.428. The van der Waals surface area contributed by atoms with E-state index in [1.165, 1.54) is 0 Å². The Morgan fingerprint density at radius 2 is 2.31 bits per heavy atom. The van der Waals surface area contributed by atoms with Gasteiger partial charge in [0.25, 0.3) is 0 Å². The summed E-state index contributed by atoms with van der Waals surface area (Å²) in [4.78, 5) is 11.4. The summed E-state index contributed by atoms with van der Waals surface area (Å²) in [5, 5.41) is 0. The van der Waals surface area contributed by atoms with Crippen molar-refractivity contribution in [3.8, 4) is 0 Å². The average molecular weight is 186 g/mol. The maximum absolute atomic E-state index is 11.4. The van der Waals surface area contributed by atoms with E-state index in [-0.39, 0.29) is 17.9 Å². The molecule has 76 valence electrons. The lowest BCUT2D eigenvalue weighted by Gasteiger charge is -2.32. The summed E-state index contributed by atoms with van der Waals surface area (Å²) in [5.74, 6) is 5.30. The molecule has 0 aromatic heterocycles. The second-order valence-corrected chi connectivity index (χ2v) is 3.84. The van der Waals surface area contributed by atoms with E-state index in [9.17, 15) is 4.79 Å². The summed E-state index contributed by atoms with van der Waals surface area (Å²) < 4.78 is 5.56. The maximum Gasteiger partial charge on any atom is 0.239 e. The number of rotatable bonds is 2. The van der Waals surface area contributed by atoms with E-state index in [0.29, 0.717) is 5.92 Å². The molecule has 1 aliphatic heterocycles. The predicted molar refractivity (Wildman–Crippen MR) is 49.6 cm³/mol. The molecular formula is C9H18N2O2. The first-order chi connectivity index (χ1) is 6.16. The van der Waals surface area contributed by atoms with Crippen molar-refractivity contribution in [3.05, 3.63) is 0 Å². The number of amides is 1. The van der Waals surface area contributed by atoms with Crippen molar-refractivity contribution < 1.29 is 9.53 Å². The Bertz CT molecular complexity index is 182. The lowest BCUT2D eigenvalue weighted by atomic mass is 9.87. The Balaban J connectivity index is 2.61. The summed E-state index contributed by atoms with van der Waals surface area (Å²) in [6, 6.07) is 0. The Hall–Kier alpha value is -0.610. The number of hydrazine groups is 1. The van der Waals surface area contributed by atoms with Crippen LogP contribution in [0.4, 0.5) is 0 Å². The van der Waals surface area contributed by atoms with Gasteiger partial charge in [-0.25, -0.2) is 5.84 Å². The fraction of sp³-hybridized carbons (Fsp3) is 0.889. The van der Waals surface area contributed by atoms with Gasteiger partial charge < -0.3 is 4.74 Å². The van der Waals surface area contributed by atoms with E-state index in [4.69, 9.17) is 10.6 Å². The Kier molecular flexibility index (Phi) is 3.69. The van der Waals surface area contributed by atoms with Gasteiger partial charge >= 0.3 is 0 Å². The summed E-state index contributed by atoms with van der Waals surface area (Å²) in [6.07, 6.45) is 1.85. The van der Waals surface area contributed by atoms with E-state index >= 15 is 0 Å². The van der Waals surface area contributed by atoms with Crippen LogP contribution in [0, 0.1) is 11.8 Å². The van der Waals surface area contributed by atoms with Gasteiger partial charge in [-0.2, -0.15) is 0 Å². The minimum Gasteiger partial charge on any atom is -0.377 e. The van der Waals surface area contributed by atoms with Gasteiger partial charge in [-0.3, -0.25) is 10.2 Å². The first kappa shape index (κ1) is 10.5. The van der Waals surface area contributed by atoms with Gasteiger partial charge in [0, 0.05) is 6.61 Å². The highest BCUT2D eigenvalue weighted by molar-refractivity contribution is 5.78. The van der Waals surface area contributed by atoms with E-state index in [2.05, 4.69) is 19.3 Å². The molecule has 13 heavy (non-hydrogen) atoms. The lowest BCUT2D eigenvalue weighted by molar-refractivity contribution is -0.137. The van der Waals surface area contributed by atoms with Crippen molar-refractivity contribution in [1.82, 2.24) is 5.43 Å². The molecule has 1 amide bonds. The molecule has 0 saturated carbocycles. The van der Waals surface area contributed by atoms with Crippen molar-refractivity contribution in [2.75, 3.05) is 6.61 Å². The number of ether oxygens (including phenoxy) is 1. The highest BCUT2D eigenvalue weighted by Gasteiger charge is 2.33. The smallest absolute Gasteiger partial charge is 0.239 e. The number of hydrogen-bond donors (Lipinski definition) is 2. The van der Waals surface area contributed by atoms with Gasteiger partial charge in [0.2, 0.25) is 5.91 Å². The molecule has 2 atom stereocenters. The van der Waals surface area contributed by atoms with E-state index in [1.54, 1.807) is 0 Å². The van der Waals surface area contributed by atoms with Gasteiger partial charge in [-0.05, 0) is 18.8 Å². The van der Waals surface area contributed by atoms with Crippen LogP contribution in [-0.2, 0) is 9.53 Å². The van der Waals surface area contributed by atoms with Crippen molar-refractivity contribution in [2.45, 2.75) is 32.8 Å². The molecule has 4 nitrogen and oxygen atoms in total. The standard InChI is InChI=1S/C9H18N2O2/c1-6(2)8-7(9(12)11-10)4-3-5-13-8/h6-8H,3-5,10H2,1-2H3,(H,11,12). The molecule has 1 saturated heterocycles. The molecule has 0 aromatic carbocycles. The molecule has 0 radical (unpaired) electrons.